The number of halogens is 6. The lowest BCUT2D eigenvalue weighted by molar-refractivity contribution is -0.125. The summed E-state index contributed by atoms with van der Waals surface area (Å²) in [5.41, 5.74) is -0.163. The second-order valence-corrected chi connectivity index (χ2v) is 9.53. The molecule has 0 radical (unpaired) electrons. The molecule has 37 heavy (non-hydrogen) atoms. The minimum absolute atomic E-state index is 0.151. The summed E-state index contributed by atoms with van der Waals surface area (Å²) in [5, 5.41) is 4.55. The van der Waals surface area contributed by atoms with Crippen LogP contribution in [0.1, 0.15) is 9.67 Å². The lowest BCUT2D eigenvalue weighted by Gasteiger charge is -2.30. The number of nitrogens with one attached hydrogen (secondary N) is 2. The Morgan fingerprint density at radius 3 is 2.41 bits per heavy atom. The fourth-order valence-electron chi connectivity index (χ4n) is 3.56. The monoisotopic (exact) mass is 568 g/mol. The van der Waals surface area contributed by atoms with E-state index in [0.717, 1.165) is 23.5 Å². The molecule has 1 fully saturated rings. The average Bonchev–Trinajstić information content (AvgIpc) is 3.26. The summed E-state index contributed by atoms with van der Waals surface area (Å²) in [6, 6.07) is 4.65. The minimum Gasteiger partial charge on any atom is -0.370 e. The molecular formula is C22H22ClF5N4O4S. The van der Waals surface area contributed by atoms with Gasteiger partial charge in [0, 0.05) is 18.8 Å². The van der Waals surface area contributed by atoms with Crippen molar-refractivity contribution in [1.29, 1.82) is 0 Å². The number of morpholine rings is 1. The maximum Gasteiger partial charge on any atom is 0.261 e. The zero-order valence-corrected chi connectivity index (χ0v) is 20.6. The summed E-state index contributed by atoms with van der Waals surface area (Å²) in [6.07, 6.45) is -6.13. The van der Waals surface area contributed by atoms with Gasteiger partial charge in [0.15, 0.2) is 0 Å². The predicted octanol–water partition coefficient (Wildman–Crippen LogP) is 3.47. The smallest absolute Gasteiger partial charge is 0.261 e. The molecule has 2 N–H and O–H groups in total. The fraction of sp³-hybridized carbons (Fsp3) is 0.409. The standard InChI is InChI=1S/C22H22ClF5N4O4S/c23-17-4-3-16(37-17)22(35)29-8-15(31(9-18(25)26)10-19(27)28)21(34)30-14-2-1-12(7-13(14)24)32-5-6-36-11-20(32)33/h1-4,7,15,18-19H,5-6,8-11H2,(H,29,35)(H,30,34)/t15-/m0/s1. The molecule has 3 amide bonds. The van der Waals surface area contributed by atoms with E-state index in [2.05, 4.69) is 10.6 Å². The maximum absolute atomic E-state index is 14.8. The molecule has 0 spiro atoms. The predicted molar refractivity (Wildman–Crippen MR) is 127 cm³/mol. The normalized spacial score (nSPS) is 14.9. The van der Waals surface area contributed by atoms with Crippen LogP contribution in [0.3, 0.4) is 0 Å². The fourth-order valence-corrected chi connectivity index (χ4v) is 4.52. The molecule has 1 aliphatic rings. The van der Waals surface area contributed by atoms with Crippen molar-refractivity contribution in [3.8, 4) is 0 Å². The summed E-state index contributed by atoms with van der Waals surface area (Å²) in [5.74, 6) is -3.13. The van der Waals surface area contributed by atoms with Crippen LogP contribution < -0.4 is 15.5 Å². The quantitative estimate of drug-likeness (QED) is 0.405. The van der Waals surface area contributed by atoms with Crippen LogP contribution in [0.25, 0.3) is 0 Å². The Hall–Kier alpha value is -2.81. The lowest BCUT2D eigenvalue weighted by Crippen LogP contribution is -2.53. The molecule has 8 nitrogen and oxygen atoms in total. The summed E-state index contributed by atoms with van der Waals surface area (Å²) < 4.78 is 72.7. The topological polar surface area (TPSA) is 91.0 Å². The molecule has 1 aromatic heterocycles. The van der Waals surface area contributed by atoms with Crippen molar-refractivity contribution in [3.05, 3.63) is 45.4 Å². The lowest BCUT2D eigenvalue weighted by atomic mass is 10.2. The van der Waals surface area contributed by atoms with Crippen LogP contribution >= 0.6 is 22.9 Å². The van der Waals surface area contributed by atoms with Crippen LogP contribution in [0.2, 0.25) is 4.34 Å². The van der Waals surface area contributed by atoms with E-state index < -0.39 is 56.2 Å². The number of carbonyl (C=O) groups is 3. The first-order valence-corrected chi connectivity index (χ1v) is 12.1. The van der Waals surface area contributed by atoms with Gasteiger partial charge in [-0.3, -0.25) is 19.3 Å². The van der Waals surface area contributed by atoms with Crippen molar-refractivity contribution < 1.29 is 41.1 Å². The first-order valence-electron chi connectivity index (χ1n) is 10.9. The number of anilines is 2. The van der Waals surface area contributed by atoms with E-state index in [1.165, 1.54) is 23.1 Å². The second kappa shape index (κ2) is 13.1. The zero-order chi connectivity index (χ0) is 27.1. The van der Waals surface area contributed by atoms with Crippen LogP contribution in [0.5, 0.6) is 0 Å². The third-order valence-electron chi connectivity index (χ3n) is 5.25. The number of ether oxygens (including phenoxy) is 1. The number of carbonyl (C=O) groups excluding carboxylic acids is 3. The number of rotatable bonds is 11. The Kier molecular flexibility index (Phi) is 10.2. The molecule has 1 saturated heterocycles. The minimum atomic E-state index is -3.07. The molecule has 1 atom stereocenters. The summed E-state index contributed by atoms with van der Waals surface area (Å²) >= 11 is 6.71. The highest BCUT2D eigenvalue weighted by Gasteiger charge is 2.31. The average molecular weight is 569 g/mol. The van der Waals surface area contributed by atoms with Gasteiger partial charge in [0.25, 0.3) is 24.7 Å². The molecule has 0 unspecified atom stereocenters. The van der Waals surface area contributed by atoms with Gasteiger partial charge in [0.05, 0.1) is 34.6 Å². The van der Waals surface area contributed by atoms with Crippen LogP contribution in [-0.4, -0.2) is 80.9 Å². The molecule has 0 saturated carbocycles. The summed E-state index contributed by atoms with van der Waals surface area (Å²) in [4.78, 5) is 39.3. The van der Waals surface area contributed by atoms with E-state index in [1.54, 1.807) is 0 Å². The molecular weight excluding hydrogens is 547 g/mol. The maximum atomic E-state index is 14.8. The van der Waals surface area contributed by atoms with E-state index in [9.17, 15) is 36.3 Å². The first-order chi connectivity index (χ1) is 17.5. The molecule has 1 aliphatic heterocycles. The highest BCUT2D eigenvalue weighted by Crippen LogP contribution is 2.24. The van der Waals surface area contributed by atoms with Crippen molar-refractivity contribution in [2.45, 2.75) is 18.9 Å². The summed E-state index contributed by atoms with van der Waals surface area (Å²) in [7, 11) is 0. The Bertz CT molecular complexity index is 1110. The Labute approximate surface area is 217 Å². The highest BCUT2D eigenvalue weighted by molar-refractivity contribution is 7.18. The number of hydrogen-bond donors (Lipinski definition) is 2. The van der Waals surface area contributed by atoms with Gasteiger partial charge in [0.2, 0.25) is 5.91 Å². The molecule has 1 aromatic carbocycles. The van der Waals surface area contributed by atoms with Gasteiger partial charge in [-0.1, -0.05) is 11.6 Å². The van der Waals surface area contributed by atoms with Crippen molar-refractivity contribution in [3.63, 3.8) is 0 Å². The van der Waals surface area contributed by atoms with Crippen LogP contribution in [-0.2, 0) is 14.3 Å². The van der Waals surface area contributed by atoms with Crippen molar-refractivity contribution >= 4 is 52.0 Å². The molecule has 0 aliphatic carbocycles. The highest BCUT2D eigenvalue weighted by atomic mass is 35.5. The molecule has 2 aromatic rings. The van der Waals surface area contributed by atoms with Crippen LogP contribution in [0.4, 0.5) is 33.3 Å². The molecule has 0 bridgehead atoms. The van der Waals surface area contributed by atoms with Crippen LogP contribution in [0, 0.1) is 5.82 Å². The second-order valence-electron chi connectivity index (χ2n) is 7.82. The molecule has 2 heterocycles. The van der Waals surface area contributed by atoms with E-state index in [-0.39, 0.29) is 41.9 Å². The van der Waals surface area contributed by atoms with Gasteiger partial charge < -0.3 is 20.3 Å². The van der Waals surface area contributed by atoms with Gasteiger partial charge in [-0.15, -0.1) is 11.3 Å². The number of amides is 3. The Balaban J connectivity index is 1.79. The van der Waals surface area contributed by atoms with Crippen molar-refractivity contribution in [1.82, 2.24) is 10.2 Å². The zero-order valence-electron chi connectivity index (χ0n) is 19.1. The third-order valence-corrected chi connectivity index (χ3v) is 6.48. The molecule has 3 rings (SSSR count). The largest absolute Gasteiger partial charge is 0.370 e. The van der Waals surface area contributed by atoms with Gasteiger partial charge in [-0.05, 0) is 30.3 Å². The third kappa shape index (κ3) is 8.09. The number of benzene rings is 1. The SMILES string of the molecule is O=C(NC[C@@H](C(=O)Nc1ccc(N2CCOCC2=O)cc1F)N(CC(F)F)CC(F)F)c1ccc(Cl)s1. The summed E-state index contributed by atoms with van der Waals surface area (Å²) in [6.45, 7) is -2.73. The van der Waals surface area contributed by atoms with E-state index in [0.29, 0.717) is 9.24 Å². The van der Waals surface area contributed by atoms with E-state index in [1.807, 2.05) is 0 Å². The van der Waals surface area contributed by atoms with Crippen molar-refractivity contribution in [2.24, 2.45) is 0 Å². The molecule has 202 valence electrons. The van der Waals surface area contributed by atoms with E-state index in [4.69, 9.17) is 16.3 Å². The van der Waals surface area contributed by atoms with Crippen molar-refractivity contribution in [2.75, 3.05) is 49.6 Å². The van der Waals surface area contributed by atoms with Crippen LogP contribution in [0.15, 0.2) is 30.3 Å². The van der Waals surface area contributed by atoms with E-state index >= 15 is 0 Å². The number of nitrogens with zero attached hydrogens (tertiary/aromatic N) is 2. The molecule has 15 heteroatoms. The van der Waals surface area contributed by atoms with Gasteiger partial charge in [-0.25, -0.2) is 22.0 Å². The Morgan fingerprint density at radius 1 is 1.14 bits per heavy atom. The van der Waals surface area contributed by atoms with Gasteiger partial charge in [-0.2, -0.15) is 0 Å². The van der Waals surface area contributed by atoms with Gasteiger partial charge >= 0.3 is 0 Å². The van der Waals surface area contributed by atoms with Gasteiger partial charge in [0.1, 0.15) is 18.5 Å². The Morgan fingerprint density at radius 2 is 1.84 bits per heavy atom. The first kappa shape index (κ1) is 28.8. The number of thiophene rings is 1. The number of alkyl halides is 4. The number of hydrogen-bond acceptors (Lipinski definition) is 6.